The molecule has 3 N–H and O–H groups in total. The lowest BCUT2D eigenvalue weighted by molar-refractivity contribution is -0.137. The van der Waals surface area contributed by atoms with Crippen molar-refractivity contribution in [3.05, 3.63) is 34.9 Å². The smallest absolute Gasteiger partial charge is 0.303 e. The number of primary amides is 1. The van der Waals surface area contributed by atoms with Crippen molar-refractivity contribution in [1.82, 2.24) is 4.90 Å². The van der Waals surface area contributed by atoms with Crippen LogP contribution in [0.5, 0.6) is 0 Å². The molecule has 1 aliphatic heterocycles. The standard InChI is InChI=1S/C16H20N2O4/c1-9(2)10-4-3-5-11-12(10)8-18(16(11)22)13(15(17)21)6-7-14(19)20/h3-5,9,13H,6-8H2,1-2H3,(H2,17,21)(H,19,20). The fourth-order valence-electron chi connectivity index (χ4n) is 2.88. The summed E-state index contributed by atoms with van der Waals surface area (Å²) in [6.45, 7) is 4.38. The highest BCUT2D eigenvalue weighted by Gasteiger charge is 2.36. The SMILES string of the molecule is CC(C)c1cccc2c1CN(C(CCC(=O)O)C(N)=O)C2=O. The zero-order chi connectivity index (χ0) is 16.4. The van der Waals surface area contributed by atoms with E-state index in [9.17, 15) is 14.4 Å². The highest BCUT2D eigenvalue weighted by molar-refractivity contribution is 6.01. The molecule has 118 valence electrons. The molecule has 2 rings (SSSR count). The number of aliphatic carboxylic acids is 1. The Kier molecular flexibility index (Phi) is 4.49. The van der Waals surface area contributed by atoms with Crippen LogP contribution in [0.4, 0.5) is 0 Å². The van der Waals surface area contributed by atoms with E-state index in [1.54, 1.807) is 6.07 Å². The summed E-state index contributed by atoms with van der Waals surface area (Å²) in [6, 6.07) is 4.64. The lowest BCUT2D eigenvalue weighted by Gasteiger charge is -2.24. The van der Waals surface area contributed by atoms with Gasteiger partial charge < -0.3 is 15.7 Å². The maximum Gasteiger partial charge on any atom is 0.303 e. The van der Waals surface area contributed by atoms with Gasteiger partial charge in [0.1, 0.15) is 6.04 Å². The topological polar surface area (TPSA) is 101 Å². The summed E-state index contributed by atoms with van der Waals surface area (Å²) in [5.41, 5.74) is 7.92. The van der Waals surface area contributed by atoms with E-state index in [4.69, 9.17) is 10.8 Å². The largest absolute Gasteiger partial charge is 0.481 e. The molecule has 1 aliphatic rings. The van der Waals surface area contributed by atoms with Gasteiger partial charge in [0.2, 0.25) is 5.91 Å². The first-order valence-electron chi connectivity index (χ1n) is 7.26. The molecule has 1 atom stereocenters. The lowest BCUT2D eigenvalue weighted by atomic mass is 9.95. The highest BCUT2D eigenvalue weighted by atomic mass is 16.4. The fraction of sp³-hybridized carbons (Fsp3) is 0.438. The second-order valence-corrected chi connectivity index (χ2v) is 5.81. The molecule has 0 saturated carbocycles. The molecule has 1 aromatic carbocycles. The van der Waals surface area contributed by atoms with Gasteiger partial charge in [0.15, 0.2) is 0 Å². The van der Waals surface area contributed by atoms with E-state index in [-0.39, 0.29) is 24.7 Å². The van der Waals surface area contributed by atoms with E-state index in [1.807, 2.05) is 26.0 Å². The molecular formula is C16H20N2O4. The molecule has 0 bridgehead atoms. The maximum absolute atomic E-state index is 12.5. The van der Waals surface area contributed by atoms with Gasteiger partial charge in [-0.2, -0.15) is 0 Å². The molecular weight excluding hydrogens is 284 g/mol. The predicted molar refractivity (Wildman–Crippen MR) is 80.3 cm³/mol. The minimum Gasteiger partial charge on any atom is -0.481 e. The van der Waals surface area contributed by atoms with Gasteiger partial charge in [0.25, 0.3) is 5.91 Å². The first-order valence-corrected chi connectivity index (χ1v) is 7.26. The Hall–Kier alpha value is -2.37. The van der Waals surface area contributed by atoms with Gasteiger partial charge in [-0.3, -0.25) is 14.4 Å². The van der Waals surface area contributed by atoms with Crippen molar-refractivity contribution in [2.24, 2.45) is 5.73 Å². The first kappa shape index (κ1) is 16.0. The van der Waals surface area contributed by atoms with Crippen molar-refractivity contribution in [3.63, 3.8) is 0 Å². The molecule has 2 amide bonds. The lowest BCUT2D eigenvalue weighted by Crippen LogP contribution is -2.45. The zero-order valence-corrected chi connectivity index (χ0v) is 12.7. The molecule has 0 aliphatic carbocycles. The van der Waals surface area contributed by atoms with E-state index >= 15 is 0 Å². The summed E-state index contributed by atoms with van der Waals surface area (Å²) >= 11 is 0. The van der Waals surface area contributed by atoms with E-state index in [2.05, 4.69) is 0 Å². The van der Waals surface area contributed by atoms with Crippen molar-refractivity contribution in [2.45, 2.75) is 45.2 Å². The number of benzene rings is 1. The number of fused-ring (bicyclic) bond motifs is 1. The molecule has 1 aromatic rings. The third kappa shape index (κ3) is 2.95. The van der Waals surface area contributed by atoms with Crippen LogP contribution in [0.15, 0.2) is 18.2 Å². The number of nitrogens with zero attached hydrogens (tertiary/aromatic N) is 1. The van der Waals surface area contributed by atoms with Gasteiger partial charge in [0, 0.05) is 18.5 Å². The van der Waals surface area contributed by atoms with Crippen molar-refractivity contribution in [3.8, 4) is 0 Å². The summed E-state index contributed by atoms with van der Waals surface area (Å²) in [6.07, 6.45) is -0.174. The number of carboxylic acids is 1. The Morgan fingerprint density at radius 2 is 2.05 bits per heavy atom. The molecule has 0 saturated heterocycles. The van der Waals surface area contributed by atoms with Gasteiger partial charge in [-0.15, -0.1) is 0 Å². The molecule has 6 heteroatoms. The van der Waals surface area contributed by atoms with Crippen molar-refractivity contribution in [2.75, 3.05) is 0 Å². The van der Waals surface area contributed by atoms with Crippen LogP contribution in [0.1, 0.15) is 54.1 Å². The Morgan fingerprint density at radius 1 is 1.36 bits per heavy atom. The monoisotopic (exact) mass is 304 g/mol. The number of carbonyl (C=O) groups is 3. The third-order valence-electron chi connectivity index (χ3n) is 3.99. The molecule has 0 spiro atoms. The molecule has 0 fully saturated rings. The summed E-state index contributed by atoms with van der Waals surface area (Å²) in [5.74, 6) is -1.69. The summed E-state index contributed by atoms with van der Waals surface area (Å²) in [4.78, 5) is 36.3. The Balaban J connectivity index is 2.31. The van der Waals surface area contributed by atoms with Crippen LogP contribution in [-0.4, -0.2) is 33.8 Å². The number of amides is 2. The van der Waals surface area contributed by atoms with E-state index in [0.717, 1.165) is 11.1 Å². The predicted octanol–water partition coefficient (Wildman–Crippen LogP) is 1.48. The zero-order valence-electron chi connectivity index (χ0n) is 12.7. The van der Waals surface area contributed by atoms with E-state index < -0.39 is 17.9 Å². The fourth-order valence-corrected chi connectivity index (χ4v) is 2.88. The molecule has 6 nitrogen and oxygen atoms in total. The van der Waals surface area contributed by atoms with E-state index in [0.29, 0.717) is 12.1 Å². The van der Waals surface area contributed by atoms with Gasteiger partial charge in [-0.1, -0.05) is 26.0 Å². The van der Waals surface area contributed by atoms with Gasteiger partial charge in [0.05, 0.1) is 0 Å². The van der Waals surface area contributed by atoms with Crippen LogP contribution in [-0.2, 0) is 16.1 Å². The van der Waals surface area contributed by atoms with E-state index in [1.165, 1.54) is 4.90 Å². The van der Waals surface area contributed by atoms with Crippen LogP contribution < -0.4 is 5.73 Å². The summed E-state index contributed by atoms with van der Waals surface area (Å²) < 4.78 is 0. The molecule has 0 radical (unpaired) electrons. The number of carbonyl (C=O) groups excluding carboxylic acids is 2. The van der Waals surface area contributed by atoms with Crippen LogP contribution in [0.25, 0.3) is 0 Å². The number of carboxylic acid groups (broad SMARTS) is 1. The quantitative estimate of drug-likeness (QED) is 0.831. The number of rotatable bonds is 6. The average Bonchev–Trinajstić information content (AvgIpc) is 2.76. The normalized spacial score (nSPS) is 15.0. The molecule has 22 heavy (non-hydrogen) atoms. The molecule has 1 heterocycles. The highest BCUT2D eigenvalue weighted by Crippen LogP contribution is 2.32. The summed E-state index contributed by atoms with van der Waals surface area (Å²) in [5, 5.41) is 8.79. The Morgan fingerprint density at radius 3 is 2.59 bits per heavy atom. The van der Waals surface area contributed by atoms with Crippen LogP contribution in [0, 0.1) is 0 Å². The Labute approximate surface area is 128 Å². The first-order chi connectivity index (χ1) is 10.3. The summed E-state index contributed by atoms with van der Waals surface area (Å²) in [7, 11) is 0. The number of hydrogen-bond donors (Lipinski definition) is 2. The van der Waals surface area contributed by atoms with Gasteiger partial charge in [-0.05, 0) is 29.5 Å². The van der Waals surface area contributed by atoms with Crippen LogP contribution >= 0.6 is 0 Å². The average molecular weight is 304 g/mol. The van der Waals surface area contributed by atoms with Gasteiger partial charge >= 0.3 is 5.97 Å². The minimum atomic E-state index is -1.02. The van der Waals surface area contributed by atoms with Crippen molar-refractivity contribution >= 4 is 17.8 Å². The maximum atomic E-state index is 12.5. The Bertz CT molecular complexity index is 625. The molecule has 1 unspecified atom stereocenters. The minimum absolute atomic E-state index is 0.0292. The second-order valence-electron chi connectivity index (χ2n) is 5.81. The van der Waals surface area contributed by atoms with Crippen molar-refractivity contribution < 1.29 is 19.5 Å². The molecule has 0 aromatic heterocycles. The number of nitrogens with two attached hydrogens (primary N) is 1. The van der Waals surface area contributed by atoms with Crippen LogP contribution in [0.2, 0.25) is 0 Å². The van der Waals surface area contributed by atoms with Crippen molar-refractivity contribution in [1.29, 1.82) is 0 Å². The van der Waals surface area contributed by atoms with Gasteiger partial charge in [-0.25, -0.2) is 0 Å². The van der Waals surface area contributed by atoms with Crippen LogP contribution in [0.3, 0.4) is 0 Å². The number of hydrogen-bond acceptors (Lipinski definition) is 3. The second kappa shape index (κ2) is 6.17. The third-order valence-corrected chi connectivity index (χ3v) is 3.99.